The van der Waals surface area contributed by atoms with Crippen LogP contribution in [0.2, 0.25) is 0 Å². The minimum absolute atomic E-state index is 0.137. The van der Waals surface area contributed by atoms with E-state index in [0.29, 0.717) is 36.0 Å². The lowest BCUT2D eigenvalue weighted by Gasteiger charge is -2.31. The lowest BCUT2D eigenvalue weighted by Crippen LogP contribution is -2.43. The predicted octanol–water partition coefficient (Wildman–Crippen LogP) is 4.85. The maximum Gasteiger partial charge on any atom is 0.408 e. The van der Waals surface area contributed by atoms with Crippen molar-refractivity contribution in [1.82, 2.24) is 24.5 Å². The van der Waals surface area contributed by atoms with Crippen molar-refractivity contribution in [2.24, 2.45) is 5.73 Å². The van der Waals surface area contributed by atoms with Crippen LogP contribution in [0.5, 0.6) is 0 Å². The Morgan fingerprint density at radius 2 is 1.91 bits per heavy atom. The molecule has 4 heterocycles. The highest BCUT2D eigenvalue weighted by Crippen LogP contribution is 2.43. The van der Waals surface area contributed by atoms with Crippen molar-refractivity contribution in [3.8, 4) is 11.5 Å². The Hall–Kier alpha value is -3.04. The number of likely N-dealkylation sites (tertiary alicyclic amines) is 1. The number of hydrogen-bond donors (Lipinski definition) is 1. The summed E-state index contributed by atoms with van der Waals surface area (Å²) in [5, 5.41) is 9.51. The van der Waals surface area contributed by atoms with Crippen LogP contribution in [0, 0.1) is 0 Å². The number of benzene rings is 1. The SMILES string of the molecule is C[C@]1(N)CCN([C@@H](c2ccc3nnc(-c4ccc5cccc(C6CC6)c5n4)n3c2)C(F)(F)F)C1. The molecule has 1 saturated heterocycles. The number of pyridine rings is 2. The minimum Gasteiger partial charge on any atom is -0.324 e. The van der Waals surface area contributed by atoms with E-state index in [9.17, 15) is 13.2 Å². The molecule has 1 aliphatic carbocycles. The lowest BCUT2D eigenvalue weighted by atomic mass is 10.0. The molecular formula is C25H25F3N6. The summed E-state index contributed by atoms with van der Waals surface area (Å²) in [4.78, 5) is 6.29. The maximum atomic E-state index is 14.2. The van der Waals surface area contributed by atoms with Crippen molar-refractivity contribution >= 4 is 16.6 Å². The normalized spacial score (nSPS) is 22.6. The molecule has 0 radical (unpaired) electrons. The molecule has 4 aromatic rings. The van der Waals surface area contributed by atoms with Gasteiger partial charge in [0.1, 0.15) is 11.7 Å². The maximum absolute atomic E-state index is 14.2. The molecule has 1 aromatic carbocycles. The summed E-state index contributed by atoms with van der Waals surface area (Å²) in [7, 11) is 0. The topological polar surface area (TPSA) is 72.3 Å². The number of rotatable bonds is 4. The highest BCUT2D eigenvalue weighted by molar-refractivity contribution is 5.84. The van der Waals surface area contributed by atoms with Crippen LogP contribution in [0.4, 0.5) is 13.2 Å². The van der Waals surface area contributed by atoms with Crippen LogP contribution in [0.15, 0.2) is 48.7 Å². The Balaban J connectivity index is 1.45. The van der Waals surface area contributed by atoms with Gasteiger partial charge < -0.3 is 5.73 Å². The highest BCUT2D eigenvalue weighted by atomic mass is 19.4. The van der Waals surface area contributed by atoms with Gasteiger partial charge in [-0.1, -0.05) is 30.3 Å². The molecule has 2 aliphatic rings. The van der Waals surface area contributed by atoms with E-state index in [1.54, 1.807) is 17.4 Å². The van der Waals surface area contributed by atoms with E-state index >= 15 is 0 Å². The zero-order valence-electron chi connectivity index (χ0n) is 18.8. The van der Waals surface area contributed by atoms with Crippen LogP contribution in [0.25, 0.3) is 28.1 Å². The van der Waals surface area contributed by atoms with Gasteiger partial charge in [0.15, 0.2) is 11.5 Å². The highest BCUT2D eigenvalue weighted by Gasteiger charge is 2.48. The van der Waals surface area contributed by atoms with E-state index < -0.39 is 17.8 Å². The van der Waals surface area contributed by atoms with Crippen LogP contribution in [-0.4, -0.2) is 49.3 Å². The molecule has 0 spiro atoms. The first kappa shape index (κ1) is 21.5. The molecule has 6 rings (SSSR count). The summed E-state index contributed by atoms with van der Waals surface area (Å²) in [5.41, 5.74) is 8.84. The van der Waals surface area contributed by atoms with Gasteiger partial charge in [-0.2, -0.15) is 13.2 Å². The summed E-state index contributed by atoms with van der Waals surface area (Å²) < 4.78 is 44.3. The Labute approximate surface area is 194 Å². The fourth-order valence-corrected chi connectivity index (χ4v) is 5.11. The summed E-state index contributed by atoms with van der Waals surface area (Å²) in [6, 6.07) is 11.3. The molecule has 2 fully saturated rings. The van der Waals surface area contributed by atoms with Crippen molar-refractivity contribution in [2.45, 2.75) is 49.9 Å². The smallest absolute Gasteiger partial charge is 0.324 e. The van der Waals surface area contributed by atoms with E-state index in [0.717, 1.165) is 23.7 Å². The number of nitrogens with two attached hydrogens (primary N) is 1. The van der Waals surface area contributed by atoms with Gasteiger partial charge in [0.05, 0.1) is 5.52 Å². The number of aromatic nitrogens is 4. The molecule has 0 bridgehead atoms. The quantitative estimate of drug-likeness (QED) is 0.466. The zero-order valence-corrected chi connectivity index (χ0v) is 18.8. The number of fused-ring (bicyclic) bond motifs is 2. The molecule has 1 aliphatic heterocycles. The van der Waals surface area contributed by atoms with Crippen molar-refractivity contribution in [1.29, 1.82) is 0 Å². The number of alkyl halides is 3. The summed E-state index contributed by atoms with van der Waals surface area (Å²) in [6.07, 6.45) is -0.126. The average Bonchev–Trinajstić information content (AvgIpc) is 3.45. The van der Waals surface area contributed by atoms with Crippen molar-refractivity contribution in [3.63, 3.8) is 0 Å². The van der Waals surface area contributed by atoms with Gasteiger partial charge in [-0.3, -0.25) is 9.30 Å². The Bertz CT molecular complexity index is 1390. The molecule has 9 heteroatoms. The Morgan fingerprint density at radius 3 is 2.62 bits per heavy atom. The molecule has 6 nitrogen and oxygen atoms in total. The Kier molecular flexibility index (Phi) is 4.73. The number of nitrogens with zero attached hydrogens (tertiary/aromatic N) is 5. The molecule has 1 saturated carbocycles. The number of halogens is 3. The number of para-hydroxylation sites is 1. The fourth-order valence-electron chi connectivity index (χ4n) is 5.11. The van der Waals surface area contributed by atoms with Crippen LogP contribution >= 0.6 is 0 Å². The molecule has 2 atom stereocenters. The summed E-state index contributed by atoms with van der Waals surface area (Å²) >= 11 is 0. The molecule has 2 N–H and O–H groups in total. The zero-order chi connectivity index (χ0) is 23.7. The molecule has 0 unspecified atom stereocenters. The van der Waals surface area contributed by atoms with Crippen molar-refractivity contribution < 1.29 is 13.2 Å². The van der Waals surface area contributed by atoms with E-state index in [-0.39, 0.29) is 12.1 Å². The minimum atomic E-state index is -4.44. The van der Waals surface area contributed by atoms with Gasteiger partial charge in [0, 0.05) is 30.2 Å². The van der Waals surface area contributed by atoms with Crippen molar-refractivity contribution in [3.05, 3.63) is 59.8 Å². The van der Waals surface area contributed by atoms with Gasteiger partial charge in [0.25, 0.3) is 0 Å². The van der Waals surface area contributed by atoms with Gasteiger partial charge in [-0.05, 0) is 55.4 Å². The first-order valence-corrected chi connectivity index (χ1v) is 11.5. The molecule has 3 aromatic heterocycles. The van der Waals surface area contributed by atoms with Gasteiger partial charge >= 0.3 is 6.18 Å². The second-order valence-corrected chi connectivity index (χ2v) is 9.92. The van der Waals surface area contributed by atoms with Crippen molar-refractivity contribution in [2.75, 3.05) is 13.1 Å². The first-order chi connectivity index (χ1) is 16.2. The predicted molar refractivity (Wildman–Crippen MR) is 123 cm³/mol. The monoisotopic (exact) mass is 466 g/mol. The first-order valence-electron chi connectivity index (χ1n) is 11.5. The molecular weight excluding hydrogens is 441 g/mol. The second kappa shape index (κ2) is 7.48. The average molecular weight is 467 g/mol. The van der Waals surface area contributed by atoms with E-state index in [1.165, 1.54) is 22.7 Å². The van der Waals surface area contributed by atoms with Crippen LogP contribution in [-0.2, 0) is 0 Å². The second-order valence-electron chi connectivity index (χ2n) is 9.92. The molecule has 0 amide bonds. The van der Waals surface area contributed by atoms with Crippen LogP contribution < -0.4 is 5.73 Å². The number of hydrogen-bond acceptors (Lipinski definition) is 5. The Morgan fingerprint density at radius 1 is 1.09 bits per heavy atom. The van der Waals surface area contributed by atoms with Gasteiger partial charge in [-0.25, -0.2) is 4.98 Å². The third-order valence-corrected chi connectivity index (χ3v) is 6.95. The van der Waals surface area contributed by atoms with E-state index in [4.69, 9.17) is 10.7 Å². The van der Waals surface area contributed by atoms with Crippen LogP contribution in [0.1, 0.15) is 49.3 Å². The van der Waals surface area contributed by atoms with Gasteiger partial charge in [-0.15, -0.1) is 10.2 Å². The summed E-state index contributed by atoms with van der Waals surface area (Å²) in [5.74, 6) is 0.949. The summed E-state index contributed by atoms with van der Waals surface area (Å²) in [6.45, 7) is 2.27. The third-order valence-electron chi connectivity index (χ3n) is 6.95. The molecule has 34 heavy (non-hydrogen) atoms. The molecule has 176 valence electrons. The van der Waals surface area contributed by atoms with Crippen LogP contribution in [0.3, 0.4) is 0 Å². The standard InChI is InChI=1S/C25H25F3N6/c1-24(29)11-12-33(14-24)22(25(26,27)28)17-8-10-20-31-32-23(34(20)13-17)19-9-7-16-3-2-4-18(15-5-6-15)21(16)30-19/h2-4,7-10,13,15,22H,5-6,11-12,14,29H2,1H3/t22-,24-/m0/s1. The largest absolute Gasteiger partial charge is 0.408 e. The van der Waals surface area contributed by atoms with E-state index in [2.05, 4.69) is 16.3 Å². The van der Waals surface area contributed by atoms with E-state index in [1.807, 2.05) is 24.3 Å². The third kappa shape index (κ3) is 3.73. The van der Waals surface area contributed by atoms with Gasteiger partial charge in [0.2, 0.25) is 0 Å². The lowest BCUT2D eigenvalue weighted by molar-refractivity contribution is -0.184. The fraction of sp³-hybridized carbons (Fsp3) is 0.400.